The maximum absolute atomic E-state index is 12.4. The topological polar surface area (TPSA) is 89.2 Å². The second kappa shape index (κ2) is 9.39. The van der Waals surface area contributed by atoms with Crippen LogP contribution < -0.4 is 10.1 Å². The van der Waals surface area contributed by atoms with E-state index in [0.717, 1.165) is 47.7 Å². The van der Waals surface area contributed by atoms with Crippen LogP contribution in [0.3, 0.4) is 0 Å². The lowest BCUT2D eigenvalue weighted by Crippen LogP contribution is -2.32. The Morgan fingerprint density at radius 2 is 2.28 bits per heavy atom. The summed E-state index contributed by atoms with van der Waals surface area (Å²) in [7, 11) is 1.62. The number of hydrogen-bond donors (Lipinski definition) is 1. The molecule has 1 aliphatic heterocycles. The molecule has 2 aromatic rings. The lowest BCUT2D eigenvalue weighted by Gasteiger charge is -2.12. The smallest absolute Gasteiger partial charge is 0.262 e. The van der Waals surface area contributed by atoms with Crippen LogP contribution in [0.4, 0.5) is 0 Å². The molecule has 0 saturated carbocycles. The van der Waals surface area contributed by atoms with Crippen LogP contribution in [-0.4, -0.2) is 42.1 Å². The Kier molecular flexibility index (Phi) is 6.68. The molecule has 7 heteroatoms. The number of nitrogens with one attached hydrogen (secondary N) is 1. The first-order valence-corrected chi connectivity index (χ1v) is 9.69. The van der Waals surface area contributed by atoms with Crippen LogP contribution in [-0.2, 0) is 16.1 Å². The summed E-state index contributed by atoms with van der Waals surface area (Å²) in [6, 6.07) is 9.60. The summed E-state index contributed by atoms with van der Waals surface area (Å²) in [5, 5.41) is 16.7. The van der Waals surface area contributed by atoms with Gasteiger partial charge in [0.25, 0.3) is 5.91 Å². The third kappa shape index (κ3) is 5.24. The van der Waals surface area contributed by atoms with Crippen LogP contribution in [0.15, 0.2) is 29.8 Å². The number of ether oxygens (including phenoxy) is 2. The van der Waals surface area contributed by atoms with E-state index in [4.69, 9.17) is 9.47 Å². The highest BCUT2D eigenvalue weighted by Gasteiger charge is 2.18. The normalized spacial score (nSPS) is 16.5. The van der Waals surface area contributed by atoms with Crippen molar-refractivity contribution in [2.75, 3.05) is 20.3 Å². The number of carbonyl (C=O) groups is 1. The van der Waals surface area contributed by atoms with Crippen molar-refractivity contribution in [3.63, 3.8) is 0 Å². The van der Waals surface area contributed by atoms with E-state index in [2.05, 4.69) is 10.4 Å². The molecule has 1 unspecified atom stereocenters. The third-order valence-electron chi connectivity index (χ3n) is 4.92. The predicted molar refractivity (Wildman–Crippen MR) is 109 cm³/mol. The SMILES string of the molecule is COc1ccc(C=C(C#N)C(=O)NCC2CCCO2)cc1Cn1nc(C)cc1C. The molecule has 1 aromatic heterocycles. The number of nitrogens with zero attached hydrogens (tertiary/aromatic N) is 3. The Morgan fingerprint density at radius 3 is 2.90 bits per heavy atom. The van der Waals surface area contributed by atoms with Crippen LogP contribution >= 0.6 is 0 Å². The third-order valence-corrected chi connectivity index (χ3v) is 4.92. The second-order valence-corrected chi connectivity index (χ2v) is 7.17. The first kappa shape index (κ1) is 20.6. The Morgan fingerprint density at radius 1 is 1.45 bits per heavy atom. The van der Waals surface area contributed by atoms with E-state index in [1.807, 2.05) is 48.9 Å². The summed E-state index contributed by atoms with van der Waals surface area (Å²) in [6.07, 6.45) is 3.56. The Hall–Kier alpha value is -3.11. The monoisotopic (exact) mass is 394 g/mol. The van der Waals surface area contributed by atoms with E-state index >= 15 is 0 Å². The molecular weight excluding hydrogens is 368 g/mol. The predicted octanol–water partition coefficient (Wildman–Crippen LogP) is 2.76. The van der Waals surface area contributed by atoms with E-state index in [1.54, 1.807) is 13.2 Å². The van der Waals surface area contributed by atoms with Gasteiger partial charge in [-0.05, 0) is 56.5 Å². The van der Waals surface area contributed by atoms with Gasteiger partial charge in [-0.2, -0.15) is 10.4 Å². The molecule has 29 heavy (non-hydrogen) atoms. The lowest BCUT2D eigenvalue weighted by atomic mass is 10.1. The van der Waals surface area contributed by atoms with Crippen molar-refractivity contribution < 1.29 is 14.3 Å². The van der Waals surface area contributed by atoms with Crippen LogP contribution in [0, 0.1) is 25.2 Å². The molecule has 0 spiro atoms. The van der Waals surface area contributed by atoms with Crippen molar-refractivity contribution in [3.8, 4) is 11.8 Å². The molecule has 3 rings (SSSR count). The van der Waals surface area contributed by atoms with Crippen molar-refractivity contribution in [1.82, 2.24) is 15.1 Å². The summed E-state index contributed by atoms with van der Waals surface area (Å²) in [5.41, 5.74) is 3.74. The number of carbonyl (C=O) groups excluding carboxylic acids is 1. The Balaban J connectivity index is 1.78. The largest absolute Gasteiger partial charge is 0.496 e. The van der Waals surface area contributed by atoms with Crippen molar-refractivity contribution in [2.45, 2.75) is 39.3 Å². The molecule has 0 radical (unpaired) electrons. The van der Waals surface area contributed by atoms with Gasteiger partial charge in [0.1, 0.15) is 17.4 Å². The van der Waals surface area contributed by atoms with Gasteiger partial charge < -0.3 is 14.8 Å². The van der Waals surface area contributed by atoms with Gasteiger partial charge in [0.15, 0.2) is 0 Å². The van der Waals surface area contributed by atoms with Gasteiger partial charge in [-0.1, -0.05) is 6.07 Å². The molecule has 1 atom stereocenters. The molecule has 2 heterocycles. The van der Waals surface area contributed by atoms with Crippen molar-refractivity contribution in [3.05, 3.63) is 52.4 Å². The van der Waals surface area contributed by atoms with Crippen molar-refractivity contribution in [1.29, 1.82) is 5.26 Å². The highest BCUT2D eigenvalue weighted by molar-refractivity contribution is 6.01. The fraction of sp³-hybridized carbons (Fsp3) is 0.409. The standard InChI is InChI=1S/C22H26N4O3/c1-15-9-16(2)26(25-15)14-19-11-17(6-7-21(19)28-3)10-18(12-23)22(27)24-13-20-5-4-8-29-20/h6-7,9-11,20H,4-5,8,13-14H2,1-3H3,(H,24,27). The van der Waals surface area contributed by atoms with Crippen LogP contribution in [0.5, 0.6) is 5.75 Å². The first-order valence-electron chi connectivity index (χ1n) is 9.69. The maximum Gasteiger partial charge on any atom is 0.262 e. The van der Waals surface area contributed by atoms with Crippen LogP contribution in [0.25, 0.3) is 6.08 Å². The summed E-state index contributed by atoms with van der Waals surface area (Å²) in [5.74, 6) is 0.343. The highest BCUT2D eigenvalue weighted by atomic mass is 16.5. The Labute approximate surface area is 170 Å². The molecule has 1 saturated heterocycles. The number of amides is 1. The van der Waals surface area contributed by atoms with Crippen molar-refractivity contribution >= 4 is 12.0 Å². The first-order chi connectivity index (χ1) is 14.0. The van der Waals surface area contributed by atoms with Crippen molar-refractivity contribution in [2.24, 2.45) is 0 Å². The lowest BCUT2D eigenvalue weighted by molar-refractivity contribution is -0.117. The minimum atomic E-state index is -0.390. The number of nitriles is 1. The highest BCUT2D eigenvalue weighted by Crippen LogP contribution is 2.23. The molecule has 1 aliphatic rings. The van der Waals surface area contributed by atoms with E-state index in [1.165, 1.54) is 0 Å². The maximum atomic E-state index is 12.4. The molecule has 1 N–H and O–H groups in total. The molecule has 0 bridgehead atoms. The molecule has 0 aliphatic carbocycles. The minimum Gasteiger partial charge on any atom is -0.496 e. The van der Waals surface area contributed by atoms with Gasteiger partial charge in [0.2, 0.25) is 0 Å². The quantitative estimate of drug-likeness (QED) is 0.576. The van der Waals surface area contributed by atoms with E-state index in [0.29, 0.717) is 13.1 Å². The van der Waals surface area contributed by atoms with Gasteiger partial charge in [0.05, 0.1) is 25.5 Å². The van der Waals surface area contributed by atoms with E-state index < -0.39 is 0 Å². The number of hydrogen-bond acceptors (Lipinski definition) is 5. The van der Waals surface area contributed by atoms with Gasteiger partial charge in [-0.15, -0.1) is 0 Å². The van der Waals surface area contributed by atoms with Gasteiger partial charge >= 0.3 is 0 Å². The summed E-state index contributed by atoms with van der Waals surface area (Å²) in [6.45, 7) is 5.64. The fourth-order valence-corrected chi connectivity index (χ4v) is 3.43. The van der Waals surface area contributed by atoms with Crippen LogP contribution in [0.1, 0.15) is 35.4 Å². The molecule has 1 amide bonds. The zero-order valence-electron chi connectivity index (χ0n) is 17.1. The zero-order chi connectivity index (χ0) is 20.8. The fourth-order valence-electron chi connectivity index (χ4n) is 3.43. The number of rotatable bonds is 7. The van der Waals surface area contributed by atoms with Gasteiger partial charge in [-0.25, -0.2) is 0 Å². The van der Waals surface area contributed by atoms with E-state index in [9.17, 15) is 10.1 Å². The molecule has 1 fully saturated rings. The minimum absolute atomic E-state index is 0.0345. The number of methoxy groups -OCH3 is 1. The van der Waals surface area contributed by atoms with Gasteiger partial charge in [-0.3, -0.25) is 9.48 Å². The molecule has 1 aromatic carbocycles. The van der Waals surface area contributed by atoms with E-state index in [-0.39, 0.29) is 17.6 Å². The molecular formula is C22H26N4O3. The van der Waals surface area contributed by atoms with Gasteiger partial charge in [0, 0.05) is 24.4 Å². The average molecular weight is 394 g/mol. The average Bonchev–Trinajstić information content (AvgIpc) is 3.34. The number of aromatic nitrogens is 2. The van der Waals surface area contributed by atoms with Crippen LogP contribution in [0.2, 0.25) is 0 Å². The molecule has 7 nitrogen and oxygen atoms in total. The molecule has 152 valence electrons. The zero-order valence-corrected chi connectivity index (χ0v) is 17.1. The summed E-state index contributed by atoms with van der Waals surface area (Å²) < 4.78 is 12.9. The summed E-state index contributed by atoms with van der Waals surface area (Å²) in [4.78, 5) is 12.4. The second-order valence-electron chi connectivity index (χ2n) is 7.17. The number of aryl methyl sites for hydroxylation is 2. The summed E-state index contributed by atoms with van der Waals surface area (Å²) >= 11 is 0. The number of benzene rings is 1. The Bertz CT molecular complexity index is 949.